The molecule has 4 nitrogen and oxygen atoms in total. The van der Waals surface area contributed by atoms with E-state index in [4.69, 9.17) is 9.47 Å². The second-order valence-electron chi connectivity index (χ2n) is 4.34. The SMILES string of the molecule is CCc1cc(CO)cc(Oc2cc(Br)c(OC)cc2Br)n1. The minimum atomic E-state index is -0.0423. The summed E-state index contributed by atoms with van der Waals surface area (Å²) in [5.74, 6) is 1.78. The van der Waals surface area contributed by atoms with Crippen LogP contribution in [0.2, 0.25) is 0 Å². The van der Waals surface area contributed by atoms with Crippen LogP contribution < -0.4 is 9.47 Å². The molecule has 0 atom stereocenters. The number of hydrogen-bond donors (Lipinski definition) is 1. The molecule has 21 heavy (non-hydrogen) atoms. The molecule has 1 N–H and O–H groups in total. The number of methoxy groups -OCH3 is 1. The van der Waals surface area contributed by atoms with Gasteiger partial charge in [-0.05, 0) is 62.0 Å². The maximum Gasteiger partial charge on any atom is 0.219 e. The third-order valence-electron chi connectivity index (χ3n) is 2.88. The van der Waals surface area contributed by atoms with Crippen molar-refractivity contribution in [1.82, 2.24) is 4.98 Å². The summed E-state index contributed by atoms with van der Waals surface area (Å²) in [5, 5.41) is 9.30. The molecule has 2 aromatic rings. The Bertz CT molecular complexity index is 625. The first-order valence-corrected chi connectivity index (χ1v) is 7.97. The Kier molecular flexibility index (Phi) is 5.61. The Labute approximate surface area is 140 Å². The predicted octanol–water partition coefficient (Wildman–Crippen LogP) is 4.46. The van der Waals surface area contributed by atoms with Gasteiger partial charge < -0.3 is 14.6 Å². The lowest BCUT2D eigenvalue weighted by Gasteiger charge is -2.12. The van der Waals surface area contributed by atoms with E-state index in [-0.39, 0.29) is 6.61 Å². The summed E-state index contributed by atoms with van der Waals surface area (Å²) in [6, 6.07) is 7.22. The van der Waals surface area contributed by atoms with E-state index in [2.05, 4.69) is 36.8 Å². The van der Waals surface area contributed by atoms with E-state index in [1.807, 2.05) is 25.1 Å². The molecule has 0 amide bonds. The Morgan fingerprint density at radius 2 is 1.76 bits per heavy atom. The molecule has 0 radical (unpaired) electrons. The quantitative estimate of drug-likeness (QED) is 0.781. The van der Waals surface area contributed by atoms with Gasteiger partial charge in [0.25, 0.3) is 0 Å². The second kappa shape index (κ2) is 7.24. The molecule has 0 saturated heterocycles. The third-order valence-corrected chi connectivity index (χ3v) is 4.12. The molecule has 0 fully saturated rings. The van der Waals surface area contributed by atoms with Crippen LogP contribution in [0, 0.1) is 0 Å². The maximum atomic E-state index is 9.30. The molecule has 0 aliphatic heterocycles. The number of aryl methyl sites for hydroxylation is 1. The van der Waals surface area contributed by atoms with Crippen molar-refractivity contribution in [3.8, 4) is 17.4 Å². The molecular formula is C15H15Br2NO3. The third kappa shape index (κ3) is 3.96. The van der Waals surface area contributed by atoms with Crippen molar-refractivity contribution in [2.45, 2.75) is 20.0 Å². The summed E-state index contributed by atoms with van der Waals surface area (Å²) in [7, 11) is 1.60. The summed E-state index contributed by atoms with van der Waals surface area (Å²) in [4.78, 5) is 4.41. The standard InChI is InChI=1S/C15H15Br2NO3/c1-3-10-4-9(8-19)5-15(18-10)21-14-7-11(16)13(20-2)6-12(14)17/h4-7,19H,3,8H2,1-2H3. The van der Waals surface area contributed by atoms with E-state index in [1.54, 1.807) is 13.2 Å². The number of rotatable bonds is 5. The van der Waals surface area contributed by atoms with Crippen molar-refractivity contribution in [2.24, 2.45) is 0 Å². The normalized spacial score (nSPS) is 10.5. The predicted molar refractivity (Wildman–Crippen MR) is 88.0 cm³/mol. The first-order valence-electron chi connectivity index (χ1n) is 6.39. The summed E-state index contributed by atoms with van der Waals surface area (Å²) in [6.45, 7) is 1.96. The zero-order valence-electron chi connectivity index (χ0n) is 11.7. The average Bonchev–Trinajstić information content (AvgIpc) is 2.50. The summed E-state index contributed by atoms with van der Waals surface area (Å²) in [5.41, 5.74) is 1.65. The number of nitrogens with zero attached hydrogens (tertiary/aromatic N) is 1. The van der Waals surface area contributed by atoms with Gasteiger partial charge in [0.05, 0.1) is 22.7 Å². The fraction of sp³-hybridized carbons (Fsp3) is 0.267. The van der Waals surface area contributed by atoms with Crippen LogP contribution in [0.15, 0.2) is 33.2 Å². The second-order valence-corrected chi connectivity index (χ2v) is 6.04. The first-order chi connectivity index (χ1) is 10.1. The minimum absolute atomic E-state index is 0.0423. The van der Waals surface area contributed by atoms with Gasteiger partial charge in [-0.3, -0.25) is 0 Å². The van der Waals surface area contributed by atoms with Crippen molar-refractivity contribution in [2.75, 3.05) is 7.11 Å². The van der Waals surface area contributed by atoms with E-state index >= 15 is 0 Å². The molecule has 0 bridgehead atoms. The van der Waals surface area contributed by atoms with Crippen molar-refractivity contribution in [1.29, 1.82) is 0 Å². The number of pyridine rings is 1. The number of aliphatic hydroxyl groups is 1. The van der Waals surface area contributed by atoms with Gasteiger partial charge in [-0.25, -0.2) is 4.98 Å². The van der Waals surface area contributed by atoms with Crippen molar-refractivity contribution < 1.29 is 14.6 Å². The molecule has 0 unspecified atom stereocenters. The van der Waals surface area contributed by atoms with Crippen LogP contribution in [0.4, 0.5) is 0 Å². The molecule has 0 aliphatic carbocycles. The minimum Gasteiger partial charge on any atom is -0.496 e. The van der Waals surface area contributed by atoms with Crippen LogP contribution >= 0.6 is 31.9 Å². The van der Waals surface area contributed by atoms with Crippen molar-refractivity contribution in [3.63, 3.8) is 0 Å². The van der Waals surface area contributed by atoms with Crippen LogP contribution in [-0.4, -0.2) is 17.2 Å². The molecule has 0 aliphatic rings. The Morgan fingerprint density at radius 1 is 1.10 bits per heavy atom. The maximum absolute atomic E-state index is 9.30. The van der Waals surface area contributed by atoms with Gasteiger partial charge in [-0.2, -0.15) is 0 Å². The lowest BCUT2D eigenvalue weighted by molar-refractivity contribution is 0.281. The molecule has 1 aromatic heterocycles. The molecular weight excluding hydrogens is 402 g/mol. The Hall–Kier alpha value is -1.11. The highest BCUT2D eigenvalue weighted by Gasteiger charge is 2.11. The van der Waals surface area contributed by atoms with Gasteiger partial charge in [0, 0.05) is 11.8 Å². The first kappa shape index (κ1) is 16.3. The Morgan fingerprint density at radius 3 is 2.38 bits per heavy atom. The van der Waals surface area contributed by atoms with Gasteiger partial charge >= 0.3 is 0 Å². The summed E-state index contributed by atoms with van der Waals surface area (Å²) >= 11 is 6.87. The molecule has 2 rings (SSSR count). The zero-order chi connectivity index (χ0) is 15.4. The number of hydrogen-bond acceptors (Lipinski definition) is 4. The van der Waals surface area contributed by atoms with E-state index in [9.17, 15) is 5.11 Å². The largest absolute Gasteiger partial charge is 0.496 e. The van der Waals surface area contributed by atoms with Crippen LogP contribution in [0.5, 0.6) is 17.4 Å². The summed E-state index contributed by atoms with van der Waals surface area (Å²) < 4.78 is 12.6. The van der Waals surface area contributed by atoms with Crippen molar-refractivity contribution in [3.05, 3.63) is 44.5 Å². The lowest BCUT2D eigenvalue weighted by Crippen LogP contribution is -1.97. The van der Waals surface area contributed by atoms with Crippen molar-refractivity contribution >= 4 is 31.9 Å². The van der Waals surface area contributed by atoms with Gasteiger partial charge in [-0.1, -0.05) is 6.92 Å². The molecule has 0 saturated carbocycles. The molecule has 1 aromatic carbocycles. The Balaban J connectivity index is 2.35. The van der Waals surface area contributed by atoms with E-state index in [0.29, 0.717) is 17.4 Å². The topological polar surface area (TPSA) is 51.6 Å². The number of halogens is 2. The average molecular weight is 417 g/mol. The van der Waals surface area contributed by atoms with Crippen LogP contribution in [0.25, 0.3) is 0 Å². The number of benzene rings is 1. The number of ether oxygens (including phenoxy) is 2. The monoisotopic (exact) mass is 415 g/mol. The van der Waals surface area contributed by atoms with E-state index in [0.717, 1.165) is 26.6 Å². The highest BCUT2D eigenvalue weighted by Crippen LogP contribution is 2.37. The number of aliphatic hydroxyl groups excluding tert-OH is 1. The smallest absolute Gasteiger partial charge is 0.219 e. The van der Waals surface area contributed by atoms with Gasteiger partial charge in [0.1, 0.15) is 11.5 Å². The van der Waals surface area contributed by atoms with Crippen LogP contribution in [0.3, 0.4) is 0 Å². The molecule has 1 heterocycles. The number of aromatic nitrogens is 1. The molecule has 6 heteroatoms. The van der Waals surface area contributed by atoms with E-state index < -0.39 is 0 Å². The van der Waals surface area contributed by atoms with Gasteiger partial charge in [-0.15, -0.1) is 0 Å². The van der Waals surface area contributed by atoms with Gasteiger partial charge in [0.15, 0.2) is 0 Å². The zero-order valence-corrected chi connectivity index (χ0v) is 14.9. The van der Waals surface area contributed by atoms with Gasteiger partial charge in [0.2, 0.25) is 5.88 Å². The highest BCUT2D eigenvalue weighted by atomic mass is 79.9. The summed E-state index contributed by atoms with van der Waals surface area (Å²) in [6.07, 6.45) is 0.775. The fourth-order valence-electron chi connectivity index (χ4n) is 1.80. The molecule has 112 valence electrons. The van der Waals surface area contributed by atoms with E-state index in [1.165, 1.54) is 0 Å². The highest BCUT2D eigenvalue weighted by molar-refractivity contribution is 9.11. The molecule has 0 spiro atoms. The lowest BCUT2D eigenvalue weighted by atomic mass is 10.2. The fourth-order valence-corrected chi connectivity index (χ4v) is 2.69. The van der Waals surface area contributed by atoms with Crippen LogP contribution in [-0.2, 0) is 13.0 Å². The van der Waals surface area contributed by atoms with Crippen LogP contribution in [0.1, 0.15) is 18.2 Å².